The Labute approximate surface area is 119 Å². The molecule has 0 aromatic heterocycles. The highest BCUT2D eigenvalue weighted by Gasteiger charge is 2.32. The molecular weight excluding hydrogens is 257 g/mol. The molecule has 20 heavy (non-hydrogen) atoms. The lowest BCUT2D eigenvalue weighted by Gasteiger charge is -2.22. The number of carboxylic acid groups (broad SMARTS) is 1. The molecule has 1 aromatic carbocycles. The summed E-state index contributed by atoms with van der Waals surface area (Å²) in [4.78, 5) is 11.2. The minimum absolute atomic E-state index is 0.0498. The van der Waals surface area contributed by atoms with Crippen molar-refractivity contribution in [2.75, 3.05) is 6.54 Å². The van der Waals surface area contributed by atoms with Crippen molar-refractivity contribution in [3.8, 4) is 0 Å². The molecule has 0 amide bonds. The summed E-state index contributed by atoms with van der Waals surface area (Å²) in [5.74, 6) is -0.991. The second-order valence-corrected chi connectivity index (χ2v) is 5.53. The van der Waals surface area contributed by atoms with E-state index in [2.05, 4.69) is 5.32 Å². The molecule has 0 radical (unpaired) electrons. The number of hydrogen-bond acceptors (Lipinski definition) is 2. The maximum absolute atomic E-state index is 13.8. The molecular formula is C16H22FNO2. The van der Waals surface area contributed by atoms with Crippen LogP contribution >= 0.6 is 0 Å². The summed E-state index contributed by atoms with van der Waals surface area (Å²) in [6.45, 7) is 2.65. The van der Waals surface area contributed by atoms with Crippen molar-refractivity contribution < 1.29 is 14.3 Å². The Bertz CT molecular complexity index is 464. The van der Waals surface area contributed by atoms with Gasteiger partial charge >= 0.3 is 5.97 Å². The lowest BCUT2D eigenvalue weighted by molar-refractivity contribution is -0.142. The number of carboxylic acids is 1. The number of halogens is 1. The standard InChI is InChI=1S/C16H22FNO2/c1-2-15(13-7-3-4-9-14(13)17)18-10-11-6-5-8-12(11)16(19)20/h3-4,7,9,11-12,15,18H,2,5-6,8,10H2,1H3,(H,19,20). The van der Waals surface area contributed by atoms with Crippen LogP contribution in [0.3, 0.4) is 0 Å². The van der Waals surface area contributed by atoms with Crippen molar-refractivity contribution in [2.45, 2.75) is 38.6 Å². The summed E-state index contributed by atoms with van der Waals surface area (Å²) in [6.07, 6.45) is 3.46. The normalized spacial score (nSPS) is 23.7. The highest BCUT2D eigenvalue weighted by Crippen LogP contribution is 2.32. The van der Waals surface area contributed by atoms with Crippen LogP contribution in [0.15, 0.2) is 24.3 Å². The molecule has 0 heterocycles. The van der Waals surface area contributed by atoms with E-state index in [1.54, 1.807) is 12.1 Å². The van der Waals surface area contributed by atoms with Gasteiger partial charge in [-0.3, -0.25) is 4.79 Å². The van der Waals surface area contributed by atoms with Crippen LogP contribution in [0.25, 0.3) is 0 Å². The van der Waals surface area contributed by atoms with Gasteiger partial charge in [0.2, 0.25) is 0 Å². The fourth-order valence-electron chi connectivity index (χ4n) is 3.13. The molecule has 110 valence electrons. The van der Waals surface area contributed by atoms with E-state index in [1.807, 2.05) is 13.0 Å². The summed E-state index contributed by atoms with van der Waals surface area (Å²) < 4.78 is 13.8. The lowest BCUT2D eigenvalue weighted by atomic mass is 9.95. The maximum atomic E-state index is 13.8. The predicted octanol–water partition coefficient (Wildman–Crippen LogP) is 3.37. The van der Waals surface area contributed by atoms with Gasteiger partial charge in [-0.25, -0.2) is 4.39 Å². The first-order valence-corrected chi connectivity index (χ1v) is 7.34. The van der Waals surface area contributed by atoms with Gasteiger partial charge in [0.05, 0.1) is 5.92 Å². The second kappa shape index (κ2) is 6.84. The topological polar surface area (TPSA) is 49.3 Å². The average molecular weight is 279 g/mol. The Morgan fingerprint density at radius 2 is 2.20 bits per heavy atom. The van der Waals surface area contributed by atoms with E-state index in [-0.39, 0.29) is 23.7 Å². The molecule has 4 heteroatoms. The van der Waals surface area contributed by atoms with Crippen molar-refractivity contribution in [2.24, 2.45) is 11.8 Å². The number of nitrogens with one attached hydrogen (secondary N) is 1. The first-order chi connectivity index (χ1) is 9.63. The van der Waals surface area contributed by atoms with Crippen molar-refractivity contribution in [1.29, 1.82) is 0 Å². The van der Waals surface area contributed by atoms with Crippen LogP contribution in [-0.2, 0) is 4.79 Å². The van der Waals surface area contributed by atoms with Crippen LogP contribution in [0, 0.1) is 17.7 Å². The minimum Gasteiger partial charge on any atom is -0.481 e. The van der Waals surface area contributed by atoms with E-state index in [9.17, 15) is 14.3 Å². The number of aliphatic carboxylic acids is 1. The van der Waals surface area contributed by atoms with Crippen molar-refractivity contribution in [3.63, 3.8) is 0 Å². The average Bonchev–Trinajstić information content (AvgIpc) is 2.90. The summed E-state index contributed by atoms with van der Waals surface area (Å²) in [6, 6.07) is 6.72. The lowest BCUT2D eigenvalue weighted by Crippen LogP contribution is -2.31. The SMILES string of the molecule is CCC(NCC1CCCC1C(=O)O)c1ccccc1F. The third-order valence-electron chi connectivity index (χ3n) is 4.29. The molecule has 0 saturated heterocycles. The highest BCUT2D eigenvalue weighted by atomic mass is 19.1. The van der Waals surface area contributed by atoms with Gasteiger partial charge in [0.1, 0.15) is 5.82 Å². The molecule has 0 spiro atoms. The molecule has 3 unspecified atom stereocenters. The molecule has 0 aliphatic heterocycles. The third-order valence-corrected chi connectivity index (χ3v) is 4.29. The van der Waals surface area contributed by atoms with Crippen molar-refractivity contribution in [1.82, 2.24) is 5.32 Å². The van der Waals surface area contributed by atoms with E-state index < -0.39 is 5.97 Å². The van der Waals surface area contributed by atoms with Crippen molar-refractivity contribution >= 4 is 5.97 Å². The van der Waals surface area contributed by atoms with E-state index in [0.717, 1.165) is 25.7 Å². The third kappa shape index (κ3) is 3.37. The van der Waals surface area contributed by atoms with Gasteiger partial charge in [-0.15, -0.1) is 0 Å². The van der Waals surface area contributed by atoms with Gasteiger partial charge in [0.15, 0.2) is 0 Å². The fraction of sp³-hybridized carbons (Fsp3) is 0.562. The maximum Gasteiger partial charge on any atom is 0.306 e. The predicted molar refractivity (Wildman–Crippen MR) is 75.9 cm³/mol. The van der Waals surface area contributed by atoms with Crippen molar-refractivity contribution in [3.05, 3.63) is 35.6 Å². The van der Waals surface area contributed by atoms with Gasteiger partial charge in [-0.1, -0.05) is 31.5 Å². The molecule has 1 fully saturated rings. The molecule has 3 nitrogen and oxygen atoms in total. The zero-order chi connectivity index (χ0) is 14.5. The number of hydrogen-bond donors (Lipinski definition) is 2. The smallest absolute Gasteiger partial charge is 0.306 e. The van der Waals surface area contributed by atoms with Crippen LogP contribution in [0.4, 0.5) is 4.39 Å². The van der Waals surface area contributed by atoms with Gasteiger partial charge in [0.25, 0.3) is 0 Å². The van der Waals surface area contributed by atoms with E-state index in [0.29, 0.717) is 12.1 Å². The van der Waals surface area contributed by atoms with E-state index >= 15 is 0 Å². The molecule has 2 rings (SSSR count). The van der Waals surface area contributed by atoms with Gasteiger partial charge < -0.3 is 10.4 Å². The second-order valence-electron chi connectivity index (χ2n) is 5.53. The zero-order valence-electron chi connectivity index (χ0n) is 11.8. The number of carbonyl (C=O) groups is 1. The molecule has 1 saturated carbocycles. The quantitative estimate of drug-likeness (QED) is 0.839. The molecule has 2 N–H and O–H groups in total. The zero-order valence-corrected chi connectivity index (χ0v) is 11.8. The Balaban J connectivity index is 1.98. The molecule has 1 aliphatic rings. The Kier molecular flexibility index (Phi) is 5.12. The Morgan fingerprint density at radius 1 is 1.45 bits per heavy atom. The van der Waals surface area contributed by atoms with Gasteiger partial charge in [-0.05, 0) is 37.8 Å². The minimum atomic E-state index is -0.701. The monoisotopic (exact) mass is 279 g/mol. The largest absolute Gasteiger partial charge is 0.481 e. The number of benzene rings is 1. The molecule has 0 bridgehead atoms. The Hall–Kier alpha value is -1.42. The number of rotatable bonds is 6. The highest BCUT2D eigenvalue weighted by molar-refractivity contribution is 5.70. The summed E-state index contributed by atoms with van der Waals surface area (Å²) in [5.41, 5.74) is 0.667. The summed E-state index contributed by atoms with van der Waals surface area (Å²) in [5, 5.41) is 12.5. The molecule has 1 aromatic rings. The fourth-order valence-corrected chi connectivity index (χ4v) is 3.13. The van der Waals surface area contributed by atoms with E-state index in [1.165, 1.54) is 6.07 Å². The summed E-state index contributed by atoms with van der Waals surface area (Å²) >= 11 is 0. The van der Waals surface area contributed by atoms with Crippen LogP contribution in [-0.4, -0.2) is 17.6 Å². The first kappa shape index (κ1) is 15.0. The molecule has 3 atom stereocenters. The van der Waals surface area contributed by atoms with E-state index in [4.69, 9.17) is 0 Å². The van der Waals surface area contributed by atoms with Gasteiger partial charge in [-0.2, -0.15) is 0 Å². The molecule has 1 aliphatic carbocycles. The van der Waals surface area contributed by atoms with Crippen LogP contribution in [0.1, 0.15) is 44.2 Å². The van der Waals surface area contributed by atoms with Crippen LogP contribution in [0.2, 0.25) is 0 Å². The Morgan fingerprint density at radius 3 is 2.85 bits per heavy atom. The summed E-state index contributed by atoms with van der Waals surface area (Å²) in [7, 11) is 0. The first-order valence-electron chi connectivity index (χ1n) is 7.34. The van der Waals surface area contributed by atoms with Crippen LogP contribution in [0.5, 0.6) is 0 Å². The van der Waals surface area contributed by atoms with Crippen LogP contribution < -0.4 is 5.32 Å². The van der Waals surface area contributed by atoms with Gasteiger partial charge in [0, 0.05) is 11.6 Å².